The SMILES string of the molecule is COC(=O)CNC(=O)[C@H](C)NC(=O)CNC(=O)CN(C(C)=O)c1c(OC)ccc2c1Sc1c(ccc(OC)c1CN1C(=O)c3ccccc3C1=O)N2C. The zero-order valence-corrected chi connectivity index (χ0v) is 30.7. The van der Waals surface area contributed by atoms with Gasteiger partial charge in [0.25, 0.3) is 11.8 Å². The largest absolute Gasteiger partial charge is 0.496 e. The average Bonchev–Trinajstić information content (AvgIpc) is 3.39. The number of carbonyl (C=O) groups is 7. The molecule has 2 heterocycles. The second kappa shape index (κ2) is 16.1. The van der Waals surface area contributed by atoms with E-state index >= 15 is 0 Å². The van der Waals surface area contributed by atoms with Crippen LogP contribution >= 0.6 is 11.8 Å². The summed E-state index contributed by atoms with van der Waals surface area (Å²) in [6.07, 6.45) is 0. The van der Waals surface area contributed by atoms with E-state index in [0.717, 1.165) is 5.69 Å². The molecule has 0 spiro atoms. The Labute approximate surface area is 309 Å². The Bertz CT molecular complexity index is 1990. The van der Waals surface area contributed by atoms with Crippen LogP contribution in [0.2, 0.25) is 0 Å². The third kappa shape index (κ3) is 7.74. The number of nitrogens with one attached hydrogen (secondary N) is 3. The summed E-state index contributed by atoms with van der Waals surface area (Å²) in [7, 11) is 5.92. The third-order valence-electron chi connectivity index (χ3n) is 8.63. The number of anilines is 3. The fourth-order valence-corrected chi connectivity index (χ4v) is 7.30. The van der Waals surface area contributed by atoms with Crippen molar-refractivity contribution in [3.63, 3.8) is 0 Å². The van der Waals surface area contributed by atoms with Crippen LogP contribution in [-0.4, -0.2) is 100 Å². The van der Waals surface area contributed by atoms with Crippen LogP contribution in [0, 0.1) is 0 Å². The molecule has 3 aromatic carbocycles. The molecular weight excluding hydrogens is 708 g/mol. The van der Waals surface area contributed by atoms with Crippen LogP contribution in [-0.2, 0) is 35.3 Å². The van der Waals surface area contributed by atoms with Gasteiger partial charge in [0.1, 0.15) is 36.3 Å². The van der Waals surface area contributed by atoms with Gasteiger partial charge >= 0.3 is 5.97 Å². The van der Waals surface area contributed by atoms with Crippen LogP contribution in [0.4, 0.5) is 17.1 Å². The predicted molar refractivity (Wildman–Crippen MR) is 192 cm³/mol. The maximum Gasteiger partial charge on any atom is 0.325 e. The van der Waals surface area contributed by atoms with Gasteiger partial charge in [0.15, 0.2) is 0 Å². The molecule has 17 heteroatoms. The number of hydrogen-bond acceptors (Lipinski definition) is 12. The number of methoxy groups -OCH3 is 3. The number of benzene rings is 3. The molecule has 0 bridgehead atoms. The van der Waals surface area contributed by atoms with Crippen molar-refractivity contribution in [2.75, 3.05) is 57.8 Å². The van der Waals surface area contributed by atoms with E-state index in [-0.39, 0.29) is 24.5 Å². The molecule has 2 aliphatic rings. The summed E-state index contributed by atoms with van der Waals surface area (Å²) in [5, 5.41) is 7.22. The number of nitrogens with zero attached hydrogens (tertiary/aromatic N) is 3. The van der Waals surface area contributed by atoms with E-state index in [4.69, 9.17) is 9.47 Å². The van der Waals surface area contributed by atoms with Crippen molar-refractivity contribution in [3.8, 4) is 11.5 Å². The normalized spacial score (nSPS) is 13.2. The first-order valence-corrected chi connectivity index (χ1v) is 17.1. The zero-order chi connectivity index (χ0) is 38.6. The molecule has 0 aromatic heterocycles. The lowest BCUT2D eigenvalue weighted by atomic mass is 10.1. The highest BCUT2D eigenvalue weighted by Gasteiger charge is 2.38. The molecule has 3 aromatic rings. The Morgan fingerprint density at radius 1 is 0.811 bits per heavy atom. The Hall–Kier alpha value is -6.10. The summed E-state index contributed by atoms with van der Waals surface area (Å²) >= 11 is 1.27. The van der Waals surface area contributed by atoms with Crippen molar-refractivity contribution in [3.05, 3.63) is 65.2 Å². The standard InChI is InChI=1S/C36H38N6O10S/c1-19(34(47)38-16-30(46)52-6)39-28(44)15-37-29(45)18-41(20(2)43)31-27(51-5)14-12-25-33(31)53-32-23(26(50-4)13-11-24(32)40(25)3)17-42-35(48)21-9-7-8-10-22(21)36(42)49/h7-14,19H,15-18H2,1-6H3,(H,37,45)(H,38,47)(H,39,44)/t19-/m0/s1. The monoisotopic (exact) mass is 746 g/mol. The number of esters is 1. The average molecular weight is 747 g/mol. The fraction of sp³-hybridized carbons (Fsp3) is 0.306. The minimum absolute atomic E-state index is 0.0966. The second-order valence-electron chi connectivity index (χ2n) is 11.9. The van der Waals surface area contributed by atoms with Crippen molar-refractivity contribution in [2.45, 2.75) is 36.2 Å². The molecule has 53 heavy (non-hydrogen) atoms. The molecule has 0 unspecified atom stereocenters. The highest BCUT2D eigenvalue weighted by molar-refractivity contribution is 8.00. The van der Waals surface area contributed by atoms with Gasteiger partial charge in [0.05, 0.1) is 61.8 Å². The quantitative estimate of drug-likeness (QED) is 0.171. The van der Waals surface area contributed by atoms with E-state index < -0.39 is 60.5 Å². The van der Waals surface area contributed by atoms with Gasteiger partial charge < -0.3 is 35.1 Å². The lowest BCUT2D eigenvalue weighted by Gasteiger charge is -2.35. The Morgan fingerprint density at radius 2 is 1.42 bits per heavy atom. The lowest BCUT2D eigenvalue weighted by molar-refractivity contribution is -0.141. The molecule has 0 fully saturated rings. The van der Waals surface area contributed by atoms with Crippen molar-refractivity contribution in [1.82, 2.24) is 20.9 Å². The summed E-state index contributed by atoms with van der Waals surface area (Å²) in [6, 6.07) is 12.7. The summed E-state index contributed by atoms with van der Waals surface area (Å²) in [5.41, 5.74) is 2.89. The smallest absolute Gasteiger partial charge is 0.325 e. The number of carbonyl (C=O) groups excluding carboxylic acids is 7. The summed E-state index contributed by atoms with van der Waals surface area (Å²) in [4.78, 5) is 94.7. The van der Waals surface area contributed by atoms with E-state index in [1.807, 2.05) is 24.1 Å². The van der Waals surface area contributed by atoms with E-state index in [0.29, 0.717) is 37.9 Å². The molecule has 3 N–H and O–H groups in total. The summed E-state index contributed by atoms with van der Waals surface area (Å²) in [5.74, 6) is -3.30. The van der Waals surface area contributed by atoms with Gasteiger partial charge in [-0.2, -0.15) is 0 Å². The third-order valence-corrected chi connectivity index (χ3v) is 9.90. The van der Waals surface area contributed by atoms with Gasteiger partial charge in [0, 0.05) is 24.4 Å². The number of ether oxygens (including phenoxy) is 3. The highest BCUT2D eigenvalue weighted by atomic mass is 32.2. The molecule has 0 aliphatic carbocycles. The minimum atomic E-state index is -1.02. The fourth-order valence-electron chi connectivity index (χ4n) is 5.89. The first-order valence-electron chi connectivity index (χ1n) is 16.3. The molecule has 1 atom stereocenters. The second-order valence-corrected chi connectivity index (χ2v) is 12.9. The molecular formula is C36H38N6O10S. The molecule has 2 aliphatic heterocycles. The summed E-state index contributed by atoms with van der Waals surface area (Å²) < 4.78 is 15.9. The maximum atomic E-state index is 13.4. The van der Waals surface area contributed by atoms with Crippen molar-refractivity contribution in [2.24, 2.45) is 0 Å². The van der Waals surface area contributed by atoms with Crippen molar-refractivity contribution >= 4 is 70.2 Å². The van der Waals surface area contributed by atoms with Crippen molar-refractivity contribution < 1.29 is 47.8 Å². The van der Waals surface area contributed by atoms with Gasteiger partial charge in [-0.1, -0.05) is 23.9 Å². The van der Waals surface area contributed by atoms with Gasteiger partial charge in [-0.25, -0.2) is 0 Å². The first kappa shape index (κ1) is 38.1. The van der Waals surface area contributed by atoms with Crippen LogP contribution < -0.4 is 35.2 Å². The number of rotatable bonds is 13. The molecule has 0 radical (unpaired) electrons. The lowest BCUT2D eigenvalue weighted by Crippen LogP contribution is -2.49. The maximum absolute atomic E-state index is 13.4. The van der Waals surface area contributed by atoms with E-state index in [9.17, 15) is 33.6 Å². The molecule has 5 rings (SSSR count). The van der Waals surface area contributed by atoms with Gasteiger partial charge in [0.2, 0.25) is 23.6 Å². The zero-order valence-electron chi connectivity index (χ0n) is 29.9. The number of imide groups is 1. The van der Waals surface area contributed by atoms with Crippen LogP contribution in [0.5, 0.6) is 11.5 Å². The van der Waals surface area contributed by atoms with Gasteiger partial charge in [-0.05, 0) is 43.3 Å². The predicted octanol–water partition coefficient (Wildman–Crippen LogP) is 2.00. The van der Waals surface area contributed by atoms with Gasteiger partial charge in [-0.15, -0.1) is 0 Å². The van der Waals surface area contributed by atoms with Crippen LogP contribution in [0.3, 0.4) is 0 Å². The van der Waals surface area contributed by atoms with Crippen LogP contribution in [0.1, 0.15) is 40.1 Å². The van der Waals surface area contributed by atoms with E-state index in [1.54, 1.807) is 36.4 Å². The molecule has 0 saturated heterocycles. The Morgan fingerprint density at radius 3 is 2.00 bits per heavy atom. The number of fused-ring (bicyclic) bond motifs is 3. The number of amides is 6. The van der Waals surface area contributed by atoms with E-state index in [2.05, 4.69) is 20.7 Å². The first-order chi connectivity index (χ1) is 25.3. The van der Waals surface area contributed by atoms with Gasteiger partial charge in [-0.3, -0.25) is 43.4 Å². The van der Waals surface area contributed by atoms with Crippen LogP contribution in [0.25, 0.3) is 0 Å². The highest BCUT2D eigenvalue weighted by Crippen LogP contribution is 2.56. The topological polar surface area (TPSA) is 193 Å². The minimum Gasteiger partial charge on any atom is -0.496 e. The molecule has 278 valence electrons. The van der Waals surface area contributed by atoms with Crippen LogP contribution in [0.15, 0.2) is 58.3 Å². The van der Waals surface area contributed by atoms with E-state index in [1.165, 1.54) is 56.7 Å². The Balaban J connectivity index is 1.40. The van der Waals surface area contributed by atoms with Crippen molar-refractivity contribution in [1.29, 1.82) is 0 Å². The summed E-state index contributed by atoms with van der Waals surface area (Å²) in [6.45, 7) is 1.22. The Kier molecular flexibility index (Phi) is 11.6. The molecule has 6 amide bonds. The molecule has 0 saturated carbocycles. The number of hydrogen-bond donors (Lipinski definition) is 3. The molecule has 16 nitrogen and oxygen atoms in total.